The Morgan fingerprint density at radius 2 is 2.18 bits per heavy atom. The Morgan fingerprint density at radius 1 is 1.53 bits per heavy atom. The molecule has 1 aromatic carbocycles. The van der Waals surface area contributed by atoms with E-state index in [4.69, 9.17) is 22.6 Å². The van der Waals surface area contributed by atoms with Crippen molar-refractivity contribution >= 4 is 21.4 Å². The van der Waals surface area contributed by atoms with E-state index in [0.717, 1.165) is 0 Å². The smallest absolute Gasteiger partial charge is 0.158 e. The molecule has 6 heteroatoms. The standard InChI is InChI=1S/C11H13ClN2O2S/c1-8(5-13)17(15,16)7-10-3-2-9(6-14)4-11(10)12/h2-4,8H,5,7,13H2,1H3. The van der Waals surface area contributed by atoms with E-state index < -0.39 is 15.1 Å². The molecule has 0 aliphatic carbocycles. The quantitative estimate of drug-likeness (QED) is 0.900. The maximum atomic E-state index is 11.8. The van der Waals surface area contributed by atoms with Crippen LogP contribution < -0.4 is 5.73 Å². The van der Waals surface area contributed by atoms with Crippen LogP contribution in [-0.4, -0.2) is 20.2 Å². The zero-order valence-corrected chi connectivity index (χ0v) is 10.9. The van der Waals surface area contributed by atoms with Crippen molar-refractivity contribution in [2.45, 2.75) is 17.9 Å². The van der Waals surface area contributed by atoms with Crippen LogP contribution in [0.3, 0.4) is 0 Å². The first kappa shape index (κ1) is 14.0. The molecule has 17 heavy (non-hydrogen) atoms. The molecule has 0 aromatic heterocycles. The summed E-state index contributed by atoms with van der Waals surface area (Å²) in [7, 11) is -3.30. The van der Waals surface area contributed by atoms with Gasteiger partial charge in [0.25, 0.3) is 0 Å². The van der Waals surface area contributed by atoms with Gasteiger partial charge in [-0.2, -0.15) is 5.26 Å². The van der Waals surface area contributed by atoms with E-state index in [2.05, 4.69) is 0 Å². The Morgan fingerprint density at radius 3 is 2.65 bits per heavy atom. The van der Waals surface area contributed by atoms with Crippen molar-refractivity contribution in [2.75, 3.05) is 6.54 Å². The summed E-state index contributed by atoms with van der Waals surface area (Å²) in [5.74, 6) is -0.157. The molecule has 0 fully saturated rings. The second kappa shape index (κ2) is 5.50. The van der Waals surface area contributed by atoms with Gasteiger partial charge in [0.1, 0.15) is 0 Å². The molecule has 1 rings (SSSR count). The Bertz CT molecular complexity index is 549. The highest BCUT2D eigenvalue weighted by Crippen LogP contribution is 2.21. The maximum absolute atomic E-state index is 11.8. The first-order valence-corrected chi connectivity index (χ1v) is 7.10. The number of nitrogens with zero attached hydrogens (tertiary/aromatic N) is 1. The van der Waals surface area contributed by atoms with Crippen LogP contribution in [0.1, 0.15) is 18.1 Å². The van der Waals surface area contributed by atoms with Gasteiger partial charge in [-0.3, -0.25) is 0 Å². The molecule has 92 valence electrons. The van der Waals surface area contributed by atoms with Crippen LogP contribution in [0, 0.1) is 11.3 Å². The Balaban J connectivity index is 3.02. The van der Waals surface area contributed by atoms with Gasteiger partial charge in [0.05, 0.1) is 22.6 Å². The van der Waals surface area contributed by atoms with Gasteiger partial charge in [0.15, 0.2) is 9.84 Å². The predicted octanol–water partition coefficient (Wildman–Crippen LogP) is 1.47. The number of halogens is 1. The molecular formula is C11H13ClN2O2S. The van der Waals surface area contributed by atoms with Crippen LogP contribution in [0.4, 0.5) is 0 Å². The van der Waals surface area contributed by atoms with E-state index in [0.29, 0.717) is 11.1 Å². The topological polar surface area (TPSA) is 84.0 Å². The summed E-state index contributed by atoms with van der Waals surface area (Å²) in [6.45, 7) is 1.64. The van der Waals surface area contributed by atoms with Crippen LogP contribution in [0.25, 0.3) is 0 Å². The molecule has 1 unspecified atom stereocenters. The molecular weight excluding hydrogens is 260 g/mol. The Kier molecular flexibility index (Phi) is 4.52. The van der Waals surface area contributed by atoms with Crippen LogP contribution in [0.5, 0.6) is 0 Å². The van der Waals surface area contributed by atoms with E-state index in [1.165, 1.54) is 6.07 Å². The molecule has 0 heterocycles. The third-order valence-electron chi connectivity index (χ3n) is 2.48. The lowest BCUT2D eigenvalue weighted by molar-refractivity contribution is 0.583. The number of nitrogens with two attached hydrogens (primary N) is 1. The summed E-state index contributed by atoms with van der Waals surface area (Å²) in [6, 6.07) is 6.50. The number of nitriles is 1. The average Bonchev–Trinajstić information content (AvgIpc) is 2.30. The molecule has 1 aromatic rings. The van der Waals surface area contributed by atoms with Crippen molar-refractivity contribution < 1.29 is 8.42 Å². The van der Waals surface area contributed by atoms with Crippen LogP contribution >= 0.6 is 11.6 Å². The molecule has 1 atom stereocenters. The summed E-state index contributed by atoms with van der Waals surface area (Å²) < 4.78 is 23.7. The van der Waals surface area contributed by atoms with E-state index in [1.807, 2.05) is 6.07 Å². The molecule has 0 aliphatic heterocycles. The van der Waals surface area contributed by atoms with E-state index in [9.17, 15) is 8.42 Å². The minimum Gasteiger partial charge on any atom is -0.329 e. The van der Waals surface area contributed by atoms with Crippen LogP contribution in [-0.2, 0) is 15.6 Å². The highest BCUT2D eigenvalue weighted by Gasteiger charge is 2.21. The van der Waals surface area contributed by atoms with Gasteiger partial charge in [0.2, 0.25) is 0 Å². The predicted molar refractivity (Wildman–Crippen MR) is 67.3 cm³/mol. The van der Waals surface area contributed by atoms with Crippen molar-refractivity contribution in [3.63, 3.8) is 0 Å². The summed E-state index contributed by atoms with van der Waals surface area (Å²) in [6.07, 6.45) is 0. The molecule has 0 saturated carbocycles. The second-order valence-corrected chi connectivity index (χ2v) is 6.60. The largest absolute Gasteiger partial charge is 0.329 e. The molecule has 4 nitrogen and oxygen atoms in total. The molecule has 0 aliphatic rings. The lowest BCUT2D eigenvalue weighted by Crippen LogP contribution is -2.27. The molecule has 0 spiro atoms. The maximum Gasteiger partial charge on any atom is 0.158 e. The average molecular weight is 273 g/mol. The van der Waals surface area contributed by atoms with Crippen LogP contribution in [0.2, 0.25) is 5.02 Å². The van der Waals surface area contributed by atoms with Gasteiger partial charge in [0, 0.05) is 11.6 Å². The number of sulfone groups is 1. The fourth-order valence-corrected chi connectivity index (χ4v) is 2.83. The van der Waals surface area contributed by atoms with Crippen molar-refractivity contribution in [1.82, 2.24) is 0 Å². The Labute approximate surface area is 106 Å². The van der Waals surface area contributed by atoms with E-state index in [1.54, 1.807) is 19.1 Å². The Hall–Kier alpha value is -1.09. The first-order chi connectivity index (χ1) is 7.90. The van der Waals surface area contributed by atoms with E-state index in [-0.39, 0.29) is 17.3 Å². The minimum atomic E-state index is -3.30. The van der Waals surface area contributed by atoms with Gasteiger partial charge < -0.3 is 5.73 Å². The monoisotopic (exact) mass is 272 g/mol. The lowest BCUT2D eigenvalue weighted by atomic mass is 10.2. The number of hydrogen-bond acceptors (Lipinski definition) is 4. The van der Waals surface area contributed by atoms with E-state index >= 15 is 0 Å². The summed E-state index contributed by atoms with van der Waals surface area (Å²) >= 11 is 5.92. The molecule has 0 radical (unpaired) electrons. The third kappa shape index (κ3) is 3.43. The first-order valence-electron chi connectivity index (χ1n) is 5.01. The third-order valence-corrected chi connectivity index (χ3v) is 4.97. The van der Waals surface area contributed by atoms with Crippen molar-refractivity contribution in [3.05, 3.63) is 34.3 Å². The summed E-state index contributed by atoms with van der Waals surface area (Å²) in [4.78, 5) is 0. The minimum absolute atomic E-state index is 0.0796. The van der Waals surface area contributed by atoms with Gasteiger partial charge in [-0.05, 0) is 24.6 Å². The fourth-order valence-electron chi connectivity index (χ4n) is 1.24. The summed E-state index contributed by atoms with van der Waals surface area (Å²) in [5.41, 5.74) is 6.24. The molecule has 0 saturated heterocycles. The number of benzene rings is 1. The van der Waals surface area contributed by atoms with Gasteiger partial charge in [-0.1, -0.05) is 17.7 Å². The van der Waals surface area contributed by atoms with Crippen molar-refractivity contribution in [1.29, 1.82) is 5.26 Å². The number of hydrogen-bond donors (Lipinski definition) is 1. The van der Waals surface area contributed by atoms with Crippen molar-refractivity contribution in [3.8, 4) is 6.07 Å². The molecule has 2 N–H and O–H groups in total. The van der Waals surface area contributed by atoms with Gasteiger partial charge in [-0.25, -0.2) is 8.42 Å². The normalized spacial score (nSPS) is 13.1. The highest BCUT2D eigenvalue weighted by atomic mass is 35.5. The number of rotatable bonds is 4. The summed E-state index contributed by atoms with van der Waals surface area (Å²) in [5, 5.41) is 8.35. The lowest BCUT2D eigenvalue weighted by Gasteiger charge is -2.11. The second-order valence-electron chi connectivity index (χ2n) is 3.77. The highest BCUT2D eigenvalue weighted by molar-refractivity contribution is 7.91. The molecule has 0 bridgehead atoms. The van der Waals surface area contributed by atoms with Gasteiger partial charge in [-0.15, -0.1) is 0 Å². The zero-order valence-electron chi connectivity index (χ0n) is 9.35. The zero-order chi connectivity index (χ0) is 13.1. The fraction of sp³-hybridized carbons (Fsp3) is 0.364. The van der Waals surface area contributed by atoms with Gasteiger partial charge >= 0.3 is 0 Å². The van der Waals surface area contributed by atoms with Crippen LogP contribution in [0.15, 0.2) is 18.2 Å². The molecule has 0 amide bonds. The SMILES string of the molecule is CC(CN)S(=O)(=O)Cc1ccc(C#N)cc1Cl. The van der Waals surface area contributed by atoms with Crippen molar-refractivity contribution in [2.24, 2.45) is 5.73 Å².